The molecule has 2 N–H and O–H groups in total. The van der Waals surface area contributed by atoms with Gasteiger partial charge >= 0.3 is 0 Å². The van der Waals surface area contributed by atoms with Gasteiger partial charge in [-0.05, 0) is 56.7 Å². The van der Waals surface area contributed by atoms with Crippen LogP contribution in [0.3, 0.4) is 0 Å². The van der Waals surface area contributed by atoms with Crippen LogP contribution in [0.4, 0.5) is 5.69 Å². The summed E-state index contributed by atoms with van der Waals surface area (Å²) in [5, 5.41) is 2.66. The summed E-state index contributed by atoms with van der Waals surface area (Å²) in [4.78, 5) is 13.1. The Kier molecular flexibility index (Phi) is 7.98. The van der Waals surface area contributed by atoms with Gasteiger partial charge in [0.15, 0.2) is 0 Å². The quantitative estimate of drug-likeness (QED) is 0.554. The molecule has 1 aliphatic heterocycles. The van der Waals surface area contributed by atoms with E-state index in [1.54, 1.807) is 26.8 Å². The van der Waals surface area contributed by atoms with Crippen LogP contribution >= 0.6 is 0 Å². The predicted molar refractivity (Wildman–Crippen MR) is 127 cm³/mol. The molecular formula is C22H29N3O7S2. The normalized spacial score (nSPS) is 15.3. The van der Waals surface area contributed by atoms with Gasteiger partial charge in [-0.3, -0.25) is 4.79 Å². The van der Waals surface area contributed by atoms with Crippen LogP contribution in [0.2, 0.25) is 0 Å². The highest BCUT2D eigenvalue weighted by Crippen LogP contribution is 2.29. The molecule has 1 amide bonds. The number of nitrogens with one attached hydrogen (secondary N) is 2. The molecule has 0 unspecified atom stereocenters. The van der Waals surface area contributed by atoms with Gasteiger partial charge in [0.1, 0.15) is 5.75 Å². The van der Waals surface area contributed by atoms with Gasteiger partial charge in [-0.15, -0.1) is 0 Å². The number of hydrogen-bond acceptors (Lipinski definition) is 7. The van der Waals surface area contributed by atoms with E-state index in [1.807, 2.05) is 0 Å². The van der Waals surface area contributed by atoms with Gasteiger partial charge in [-0.2, -0.15) is 4.31 Å². The lowest BCUT2D eigenvalue weighted by atomic mass is 10.1. The number of nitrogens with zero attached hydrogens (tertiary/aromatic N) is 1. The van der Waals surface area contributed by atoms with Crippen molar-refractivity contribution in [2.24, 2.45) is 0 Å². The molecule has 1 fully saturated rings. The van der Waals surface area contributed by atoms with Crippen molar-refractivity contribution >= 4 is 31.6 Å². The van der Waals surface area contributed by atoms with Crippen molar-refractivity contribution in [2.45, 2.75) is 36.6 Å². The molecule has 2 aromatic rings. The van der Waals surface area contributed by atoms with Crippen LogP contribution in [0.5, 0.6) is 5.75 Å². The van der Waals surface area contributed by atoms with Gasteiger partial charge in [0.2, 0.25) is 20.0 Å². The molecule has 0 aromatic heterocycles. The first kappa shape index (κ1) is 26.1. The summed E-state index contributed by atoms with van der Waals surface area (Å²) in [5.41, 5.74) is 0.840. The van der Waals surface area contributed by atoms with Gasteiger partial charge in [-0.1, -0.05) is 6.07 Å². The van der Waals surface area contributed by atoms with Crippen LogP contribution in [0, 0.1) is 6.92 Å². The second-order valence-electron chi connectivity index (χ2n) is 8.09. The minimum Gasteiger partial charge on any atom is -0.495 e. The van der Waals surface area contributed by atoms with Crippen molar-refractivity contribution in [3.63, 3.8) is 0 Å². The number of benzene rings is 2. The second-order valence-corrected chi connectivity index (χ2v) is 11.7. The van der Waals surface area contributed by atoms with Gasteiger partial charge in [0.25, 0.3) is 5.91 Å². The van der Waals surface area contributed by atoms with Crippen molar-refractivity contribution < 1.29 is 31.1 Å². The molecule has 0 atom stereocenters. The minimum atomic E-state index is -3.81. The first-order chi connectivity index (χ1) is 16.0. The van der Waals surface area contributed by atoms with E-state index in [4.69, 9.17) is 9.47 Å². The van der Waals surface area contributed by atoms with E-state index in [0.717, 1.165) is 0 Å². The zero-order valence-corrected chi connectivity index (χ0v) is 21.1. The molecule has 0 bridgehead atoms. The summed E-state index contributed by atoms with van der Waals surface area (Å²) in [5.74, 6) is -0.340. The first-order valence-electron chi connectivity index (χ1n) is 10.7. The molecule has 186 valence electrons. The third-order valence-electron chi connectivity index (χ3n) is 5.18. The third-order valence-corrected chi connectivity index (χ3v) is 8.73. The number of rotatable bonds is 8. The molecule has 34 heavy (non-hydrogen) atoms. The number of hydrogen-bond donors (Lipinski definition) is 2. The molecule has 12 heteroatoms. The largest absolute Gasteiger partial charge is 0.495 e. The fraction of sp³-hybridized carbons (Fsp3) is 0.409. The fourth-order valence-corrected chi connectivity index (χ4v) is 6.17. The number of carbonyl (C=O) groups excluding carboxylic acids is 1. The lowest BCUT2D eigenvalue weighted by Gasteiger charge is -2.26. The summed E-state index contributed by atoms with van der Waals surface area (Å²) in [6.07, 6.45) is 0. The van der Waals surface area contributed by atoms with E-state index in [9.17, 15) is 21.6 Å². The number of morpholine rings is 1. The average Bonchev–Trinajstić information content (AvgIpc) is 2.78. The Morgan fingerprint density at radius 2 is 1.68 bits per heavy atom. The Balaban J connectivity index is 1.94. The predicted octanol–water partition coefficient (Wildman–Crippen LogP) is 1.96. The molecule has 1 heterocycles. The van der Waals surface area contributed by atoms with Crippen molar-refractivity contribution in [1.82, 2.24) is 9.03 Å². The number of methoxy groups -OCH3 is 1. The number of ether oxygens (including phenoxy) is 2. The van der Waals surface area contributed by atoms with E-state index in [1.165, 1.54) is 41.7 Å². The van der Waals surface area contributed by atoms with Crippen LogP contribution in [-0.2, 0) is 24.8 Å². The van der Waals surface area contributed by atoms with Crippen molar-refractivity contribution in [1.29, 1.82) is 0 Å². The molecule has 0 spiro atoms. The van der Waals surface area contributed by atoms with Gasteiger partial charge in [-0.25, -0.2) is 21.6 Å². The van der Waals surface area contributed by atoms with Gasteiger partial charge in [0.05, 0.1) is 35.8 Å². The summed E-state index contributed by atoms with van der Waals surface area (Å²) in [7, 11) is -6.21. The lowest BCUT2D eigenvalue weighted by molar-refractivity contribution is 0.0730. The number of amides is 1. The summed E-state index contributed by atoms with van der Waals surface area (Å²) in [6, 6.07) is 8.14. The van der Waals surface area contributed by atoms with Crippen molar-refractivity contribution in [3.05, 3.63) is 47.5 Å². The third kappa shape index (κ3) is 5.76. The maximum Gasteiger partial charge on any atom is 0.256 e. The Morgan fingerprint density at radius 1 is 1.03 bits per heavy atom. The van der Waals surface area contributed by atoms with Crippen molar-refractivity contribution in [2.75, 3.05) is 38.7 Å². The Hall–Kier alpha value is -2.51. The van der Waals surface area contributed by atoms with E-state index >= 15 is 0 Å². The zero-order valence-electron chi connectivity index (χ0n) is 19.5. The van der Waals surface area contributed by atoms with Crippen LogP contribution in [0.25, 0.3) is 0 Å². The number of sulfonamides is 2. The molecule has 0 saturated carbocycles. The smallest absolute Gasteiger partial charge is 0.256 e. The Labute approximate surface area is 200 Å². The molecule has 1 aliphatic rings. The van der Waals surface area contributed by atoms with E-state index in [-0.39, 0.29) is 45.9 Å². The van der Waals surface area contributed by atoms with Gasteiger partial charge in [0, 0.05) is 24.7 Å². The van der Waals surface area contributed by atoms with Gasteiger partial charge < -0.3 is 14.8 Å². The Morgan fingerprint density at radius 3 is 2.29 bits per heavy atom. The topological polar surface area (TPSA) is 131 Å². The molecule has 0 radical (unpaired) electrons. The highest BCUT2D eigenvalue weighted by molar-refractivity contribution is 7.89. The summed E-state index contributed by atoms with van der Waals surface area (Å²) >= 11 is 0. The standard InChI is InChI=1S/C22H29N3O7S2/c1-15(2)24-33(27,28)17-7-8-21(31-4)20(14-17)23-22(26)19-13-18(6-5-16(19)3)34(29,30)25-9-11-32-12-10-25/h5-8,13-15,24H,9-12H2,1-4H3,(H,23,26). The molecule has 3 rings (SSSR count). The molecular weight excluding hydrogens is 482 g/mol. The number of aryl methyl sites for hydroxylation is 1. The first-order valence-corrected chi connectivity index (χ1v) is 13.6. The van der Waals surface area contributed by atoms with E-state index in [0.29, 0.717) is 18.8 Å². The monoisotopic (exact) mass is 511 g/mol. The SMILES string of the molecule is COc1ccc(S(=O)(=O)NC(C)C)cc1NC(=O)c1cc(S(=O)(=O)N2CCOCC2)ccc1C. The van der Waals surface area contributed by atoms with Crippen LogP contribution in [0.1, 0.15) is 29.8 Å². The fourth-order valence-electron chi connectivity index (χ4n) is 3.46. The zero-order chi connectivity index (χ0) is 25.1. The maximum absolute atomic E-state index is 13.1. The summed E-state index contributed by atoms with van der Waals surface area (Å²) in [6.45, 7) is 6.17. The van der Waals surface area contributed by atoms with Crippen LogP contribution < -0.4 is 14.8 Å². The summed E-state index contributed by atoms with van der Waals surface area (Å²) < 4.78 is 65.5. The average molecular weight is 512 g/mol. The van der Waals surface area contributed by atoms with Crippen LogP contribution in [-0.4, -0.2) is 66.5 Å². The van der Waals surface area contributed by atoms with Crippen molar-refractivity contribution in [3.8, 4) is 5.75 Å². The molecule has 10 nitrogen and oxygen atoms in total. The Bertz CT molecular complexity index is 1270. The minimum absolute atomic E-state index is 0.00502. The number of anilines is 1. The second kappa shape index (κ2) is 10.4. The number of carbonyl (C=O) groups is 1. The lowest BCUT2D eigenvalue weighted by Crippen LogP contribution is -2.40. The molecule has 1 saturated heterocycles. The van der Waals surface area contributed by atoms with E-state index in [2.05, 4.69) is 10.0 Å². The molecule has 2 aromatic carbocycles. The van der Waals surface area contributed by atoms with Crippen LogP contribution in [0.15, 0.2) is 46.2 Å². The highest BCUT2D eigenvalue weighted by Gasteiger charge is 2.28. The van der Waals surface area contributed by atoms with E-state index < -0.39 is 26.0 Å². The maximum atomic E-state index is 13.1. The highest BCUT2D eigenvalue weighted by atomic mass is 32.2. The molecule has 0 aliphatic carbocycles.